The standard InChI is InChI=1S/C18H16N4O4/c1-2-18(14-9-4-3-5-10-14)16(23)21(17(24)20-18)19-12-13-8-6-7-11-15(13)22(25)26/h3-12H,2H2,1H3,(H,20,24)/b19-12-/t18-/m1/s1. The summed E-state index contributed by atoms with van der Waals surface area (Å²) in [6.45, 7) is 1.79. The van der Waals surface area contributed by atoms with E-state index in [1.54, 1.807) is 37.3 Å². The third-order valence-corrected chi connectivity index (χ3v) is 4.31. The largest absolute Gasteiger partial charge is 0.346 e. The Bertz CT molecular complexity index is 897. The van der Waals surface area contributed by atoms with Gasteiger partial charge >= 0.3 is 6.03 Å². The number of nitro benzene ring substituents is 1. The van der Waals surface area contributed by atoms with E-state index < -0.39 is 22.4 Å². The number of hydrogen-bond donors (Lipinski definition) is 1. The number of nitrogens with one attached hydrogen (secondary N) is 1. The number of amides is 3. The van der Waals surface area contributed by atoms with Gasteiger partial charge in [-0.2, -0.15) is 5.10 Å². The Hall–Kier alpha value is -3.55. The number of carbonyl (C=O) groups excluding carboxylic acids is 2. The Balaban J connectivity index is 1.94. The van der Waals surface area contributed by atoms with Gasteiger partial charge in [0.15, 0.2) is 0 Å². The fraction of sp³-hybridized carbons (Fsp3) is 0.167. The van der Waals surface area contributed by atoms with E-state index in [0.29, 0.717) is 17.0 Å². The normalized spacial score (nSPS) is 19.8. The maximum Gasteiger partial charge on any atom is 0.346 e. The molecular weight excluding hydrogens is 336 g/mol. The minimum Gasteiger partial charge on any atom is -0.318 e. The van der Waals surface area contributed by atoms with Gasteiger partial charge in [-0.3, -0.25) is 14.9 Å². The maximum atomic E-state index is 12.9. The van der Waals surface area contributed by atoms with Crippen molar-refractivity contribution >= 4 is 23.8 Å². The Morgan fingerprint density at radius 3 is 2.46 bits per heavy atom. The monoisotopic (exact) mass is 352 g/mol. The van der Waals surface area contributed by atoms with E-state index in [2.05, 4.69) is 10.4 Å². The van der Waals surface area contributed by atoms with Gasteiger partial charge in [0.25, 0.3) is 11.6 Å². The van der Waals surface area contributed by atoms with Crippen LogP contribution < -0.4 is 5.32 Å². The Kier molecular flexibility index (Phi) is 4.49. The van der Waals surface area contributed by atoms with Crippen LogP contribution in [0.5, 0.6) is 0 Å². The Morgan fingerprint density at radius 2 is 1.81 bits per heavy atom. The molecule has 1 atom stereocenters. The van der Waals surface area contributed by atoms with E-state index in [9.17, 15) is 19.7 Å². The highest BCUT2D eigenvalue weighted by molar-refractivity contribution is 6.08. The molecule has 0 bridgehead atoms. The van der Waals surface area contributed by atoms with Crippen molar-refractivity contribution in [1.29, 1.82) is 0 Å². The molecule has 1 fully saturated rings. The second-order valence-electron chi connectivity index (χ2n) is 5.73. The zero-order valence-electron chi connectivity index (χ0n) is 14.0. The van der Waals surface area contributed by atoms with E-state index in [1.807, 2.05) is 6.07 Å². The molecule has 3 amide bonds. The Labute approximate surface area is 149 Å². The SMILES string of the molecule is CC[C@]1(c2ccccc2)NC(=O)N(/N=C\c2ccccc2[N+](=O)[O-])C1=O. The van der Waals surface area contributed by atoms with Crippen LogP contribution in [0.3, 0.4) is 0 Å². The van der Waals surface area contributed by atoms with Crippen LogP contribution in [0, 0.1) is 10.1 Å². The second-order valence-corrected chi connectivity index (χ2v) is 5.73. The first-order chi connectivity index (χ1) is 12.5. The van der Waals surface area contributed by atoms with Gasteiger partial charge in [0.1, 0.15) is 5.54 Å². The van der Waals surface area contributed by atoms with E-state index in [1.165, 1.54) is 18.2 Å². The van der Waals surface area contributed by atoms with Crippen LogP contribution in [0.1, 0.15) is 24.5 Å². The molecule has 0 radical (unpaired) electrons. The average molecular weight is 352 g/mol. The zero-order valence-corrected chi connectivity index (χ0v) is 14.0. The summed E-state index contributed by atoms with van der Waals surface area (Å²) in [6, 6.07) is 14.2. The smallest absolute Gasteiger partial charge is 0.318 e. The molecule has 132 valence electrons. The van der Waals surface area contributed by atoms with Gasteiger partial charge in [-0.15, -0.1) is 5.01 Å². The molecule has 1 heterocycles. The predicted molar refractivity (Wildman–Crippen MR) is 94.5 cm³/mol. The quantitative estimate of drug-likeness (QED) is 0.386. The van der Waals surface area contributed by atoms with Crippen LogP contribution in [0.2, 0.25) is 0 Å². The number of rotatable bonds is 5. The molecule has 3 rings (SSSR count). The van der Waals surface area contributed by atoms with Crippen LogP contribution in [0.4, 0.5) is 10.5 Å². The molecule has 1 N–H and O–H groups in total. The number of hydrazone groups is 1. The van der Waals surface area contributed by atoms with Gasteiger partial charge in [0.05, 0.1) is 16.7 Å². The molecule has 2 aromatic rings. The van der Waals surface area contributed by atoms with Crippen LogP contribution >= 0.6 is 0 Å². The molecule has 0 aliphatic carbocycles. The third kappa shape index (κ3) is 2.81. The van der Waals surface area contributed by atoms with Crippen molar-refractivity contribution in [3.05, 3.63) is 75.8 Å². The van der Waals surface area contributed by atoms with Crippen LogP contribution in [0.15, 0.2) is 59.7 Å². The van der Waals surface area contributed by atoms with Crippen molar-refractivity contribution < 1.29 is 14.5 Å². The number of carbonyl (C=O) groups is 2. The van der Waals surface area contributed by atoms with E-state index >= 15 is 0 Å². The molecule has 8 nitrogen and oxygen atoms in total. The van der Waals surface area contributed by atoms with E-state index in [0.717, 1.165) is 6.21 Å². The maximum absolute atomic E-state index is 12.9. The minimum atomic E-state index is -1.20. The molecule has 0 aromatic heterocycles. The summed E-state index contributed by atoms with van der Waals surface area (Å²) >= 11 is 0. The minimum absolute atomic E-state index is 0.159. The van der Waals surface area contributed by atoms with Crippen molar-refractivity contribution in [2.24, 2.45) is 5.10 Å². The van der Waals surface area contributed by atoms with Crippen molar-refractivity contribution in [3.63, 3.8) is 0 Å². The summed E-state index contributed by atoms with van der Waals surface area (Å²) in [6.07, 6.45) is 1.49. The van der Waals surface area contributed by atoms with Gasteiger partial charge in [-0.05, 0) is 18.1 Å². The molecular formula is C18H16N4O4. The first-order valence-corrected chi connectivity index (χ1v) is 7.99. The lowest BCUT2D eigenvalue weighted by atomic mass is 9.87. The fourth-order valence-corrected chi connectivity index (χ4v) is 2.91. The van der Waals surface area contributed by atoms with Gasteiger partial charge in [-0.1, -0.05) is 49.4 Å². The number of imide groups is 1. The van der Waals surface area contributed by atoms with E-state index in [4.69, 9.17) is 0 Å². The zero-order chi connectivity index (χ0) is 18.7. The van der Waals surface area contributed by atoms with Crippen molar-refractivity contribution in [2.45, 2.75) is 18.9 Å². The first kappa shape index (κ1) is 17.3. The number of nitro groups is 1. The lowest BCUT2D eigenvalue weighted by molar-refractivity contribution is -0.385. The third-order valence-electron chi connectivity index (χ3n) is 4.31. The number of hydrogen-bond acceptors (Lipinski definition) is 5. The predicted octanol–water partition coefficient (Wildman–Crippen LogP) is 2.79. The van der Waals surface area contributed by atoms with Gasteiger partial charge in [0.2, 0.25) is 0 Å². The summed E-state index contributed by atoms with van der Waals surface area (Å²) in [5.74, 6) is -0.522. The molecule has 1 aliphatic heterocycles. The first-order valence-electron chi connectivity index (χ1n) is 7.99. The topological polar surface area (TPSA) is 105 Å². The highest BCUT2D eigenvalue weighted by atomic mass is 16.6. The highest BCUT2D eigenvalue weighted by Crippen LogP contribution is 2.32. The van der Waals surface area contributed by atoms with Crippen LogP contribution in [0.25, 0.3) is 0 Å². The molecule has 26 heavy (non-hydrogen) atoms. The fourth-order valence-electron chi connectivity index (χ4n) is 2.91. The summed E-state index contributed by atoms with van der Waals surface area (Å²) in [5, 5.41) is 18.4. The molecule has 0 spiro atoms. The highest BCUT2D eigenvalue weighted by Gasteiger charge is 2.51. The molecule has 0 unspecified atom stereocenters. The summed E-state index contributed by atoms with van der Waals surface area (Å²) < 4.78 is 0. The molecule has 2 aromatic carbocycles. The number of benzene rings is 2. The second kappa shape index (κ2) is 6.75. The number of para-hydroxylation sites is 1. The van der Waals surface area contributed by atoms with Gasteiger partial charge < -0.3 is 5.32 Å². The molecule has 0 saturated carbocycles. The summed E-state index contributed by atoms with van der Waals surface area (Å²) in [7, 11) is 0. The van der Waals surface area contributed by atoms with Crippen LogP contribution in [-0.4, -0.2) is 28.1 Å². The molecule has 8 heteroatoms. The summed E-state index contributed by atoms with van der Waals surface area (Å²) in [4.78, 5) is 35.7. The Morgan fingerprint density at radius 1 is 1.15 bits per heavy atom. The average Bonchev–Trinajstić information content (AvgIpc) is 2.91. The van der Waals surface area contributed by atoms with Gasteiger partial charge in [0, 0.05) is 6.07 Å². The van der Waals surface area contributed by atoms with Crippen molar-refractivity contribution in [1.82, 2.24) is 10.3 Å². The number of urea groups is 1. The van der Waals surface area contributed by atoms with Crippen LogP contribution in [-0.2, 0) is 10.3 Å². The lowest BCUT2D eigenvalue weighted by Gasteiger charge is -2.24. The van der Waals surface area contributed by atoms with Crippen molar-refractivity contribution in [3.8, 4) is 0 Å². The summed E-state index contributed by atoms with van der Waals surface area (Å²) in [5.41, 5.74) is -0.498. The molecule has 1 saturated heterocycles. The van der Waals surface area contributed by atoms with Crippen molar-refractivity contribution in [2.75, 3.05) is 0 Å². The van der Waals surface area contributed by atoms with E-state index in [-0.39, 0.29) is 11.3 Å². The lowest BCUT2D eigenvalue weighted by Crippen LogP contribution is -2.43. The number of nitrogens with zero attached hydrogens (tertiary/aromatic N) is 3. The molecule has 1 aliphatic rings. The van der Waals surface area contributed by atoms with Gasteiger partial charge in [-0.25, -0.2) is 4.79 Å².